The standard InChI is InChI=1S/C13H10FN3O/c14-8-4-6-9(7-5-8)17-11-3-1-2-10(15)12(11)13(18)16-17/h1-7H,15H2,(H,16,18). The van der Waals surface area contributed by atoms with Gasteiger partial charge in [-0.1, -0.05) is 6.07 Å². The second kappa shape index (κ2) is 3.73. The highest BCUT2D eigenvalue weighted by Crippen LogP contribution is 2.20. The first-order chi connectivity index (χ1) is 8.66. The van der Waals surface area contributed by atoms with Crippen molar-refractivity contribution in [3.8, 4) is 5.69 Å². The third-order valence-corrected chi connectivity index (χ3v) is 2.84. The van der Waals surface area contributed by atoms with Crippen molar-refractivity contribution >= 4 is 16.6 Å². The SMILES string of the molecule is Nc1cccc2c1c(=O)[nH]n2-c1ccc(F)cc1. The Kier molecular flexibility index (Phi) is 2.19. The molecule has 0 radical (unpaired) electrons. The molecule has 1 aromatic heterocycles. The predicted molar refractivity (Wildman–Crippen MR) is 68.3 cm³/mol. The molecule has 90 valence electrons. The molecule has 0 atom stereocenters. The Hall–Kier alpha value is -2.56. The van der Waals surface area contributed by atoms with Gasteiger partial charge in [0.25, 0.3) is 5.56 Å². The van der Waals surface area contributed by atoms with E-state index in [1.807, 2.05) is 0 Å². The van der Waals surface area contributed by atoms with Gasteiger partial charge in [0.05, 0.1) is 16.6 Å². The minimum Gasteiger partial charge on any atom is -0.398 e. The van der Waals surface area contributed by atoms with Crippen molar-refractivity contribution in [2.24, 2.45) is 0 Å². The first kappa shape index (κ1) is 10.6. The van der Waals surface area contributed by atoms with Crippen molar-refractivity contribution in [3.63, 3.8) is 0 Å². The van der Waals surface area contributed by atoms with Crippen LogP contribution in [0.1, 0.15) is 0 Å². The smallest absolute Gasteiger partial charge is 0.274 e. The summed E-state index contributed by atoms with van der Waals surface area (Å²) in [5.74, 6) is -0.322. The molecule has 3 N–H and O–H groups in total. The molecule has 18 heavy (non-hydrogen) atoms. The largest absolute Gasteiger partial charge is 0.398 e. The number of nitrogens with zero attached hydrogens (tertiary/aromatic N) is 1. The lowest BCUT2D eigenvalue weighted by molar-refractivity contribution is 0.627. The summed E-state index contributed by atoms with van der Waals surface area (Å²) >= 11 is 0. The van der Waals surface area contributed by atoms with E-state index in [1.54, 1.807) is 35.0 Å². The Bertz CT molecular complexity index is 771. The van der Waals surface area contributed by atoms with Gasteiger partial charge in [0.2, 0.25) is 0 Å². The zero-order valence-electron chi connectivity index (χ0n) is 9.35. The summed E-state index contributed by atoms with van der Waals surface area (Å²) in [6.45, 7) is 0. The molecular formula is C13H10FN3O. The molecule has 5 heteroatoms. The highest BCUT2D eigenvalue weighted by molar-refractivity contribution is 5.90. The molecule has 0 aliphatic carbocycles. The van der Waals surface area contributed by atoms with Crippen molar-refractivity contribution in [1.82, 2.24) is 9.78 Å². The molecule has 0 aliphatic rings. The van der Waals surface area contributed by atoms with Crippen LogP contribution >= 0.6 is 0 Å². The Balaban J connectivity index is 2.34. The van der Waals surface area contributed by atoms with E-state index in [2.05, 4.69) is 5.10 Å². The van der Waals surface area contributed by atoms with Gasteiger partial charge < -0.3 is 5.73 Å². The summed E-state index contributed by atoms with van der Waals surface area (Å²) in [5.41, 5.74) is 7.30. The average Bonchev–Trinajstić information content (AvgIpc) is 2.69. The maximum Gasteiger partial charge on any atom is 0.274 e. The van der Waals surface area contributed by atoms with Crippen LogP contribution in [0.2, 0.25) is 0 Å². The first-order valence-corrected chi connectivity index (χ1v) is 5.42. The molecule has 0 saturated heterocycles. The maximum absolute atomic E-state index is 12.9. The maximum atomic E-state index is 12.9. The Morgan fingerprint density at radius 1 is 1.11 bits per heavy atom. The van der Waals surface area contributed by atoms with Crippen molar-refractivity contribution in [3.05, 3.63) is 58.6 Å². The van der Waals surface area contributed by atoms with E-state index in [0.29, 0.717) is 22.3 Å². The quantitative estimate of drug-likeness (QED) is 0.642. The van der Waals surface area contributed by atoms with Gasteiger partial charge >= 0.3 is 0 Å². The average molecular weight is 243 g/mol. The summed E-state index contributed by atoms with van der Waals surface area (Å²) < 4.78 is 14.5. The second-order valence-electron chi connectivity index (χ2n) is 3.99. The molecule has 3 rings (SSSR count). The van der Waals surface area contributed by atoms with Crippen LogP contribution in [-0.4, -0.2) is 9.78 Å². The topological polar surface area (TPSA) is 63.8 Å². The second-order valence-corrected chi connectivity index (χ2v) is 3.99. The van der Waals surface area contributed by atoms with Crippen molar-refractivity contribution < 1.29 is 4.39 Å². The number of fused-ring (bicyclic) bond motifs is 1. The molecule has 0 unspecified atom stereocenters. The summed E-state index contributed by atoms with van der Waals surface area (Å²) in [4.78, 5) is 11.8. The Labute approximate surface area is 101 Å². The summed E-state index contributed by atoms with van der Waals surface area (Å²) in [6.07, 6.45) is 0. The normalized spacial score (nSPS) is 10.9. The number of nitrogens with one attached hydrogen (secondary N) is 1. The summed E-state index contributed by atoms with van der Waals surface area (Å²) in [7, 11) is 0. The molecule has 0 amide bonds. The van der Waals surface area contributed by atoms with Gasteiger partial charge in [0.15, 0.2) is 0 Å². The van der Waals surface area contributed by atoms with Crippen LogP contribution in [0.4, 0.5) is 10.1 Å². The Morgan fingerprint density at radius 3 is 2.56 bits per heavy atom. The fraction of sp³-hybridized carbons (Fsp3) is 0. The van der Waals surface area contributed by atoms with E-state index < -0.39 is 0 Å². The number of anilines is 1. The molecule has 0 fully saturated rings. The molecular weight excluding hydrogens is 233 g/mol. The molecule has 0 aliphatic heterocycles. The van der Waals surface area contributed by atoms with Gasteiger partial charge in [-0.05, 0) is 36.4 Å². The van der Waals surface area contributed by atoms with Crippen LogP contribution in [0.25, 0.3) is 16.6 Å². The van der Waals surface area contributed by atoms with E-state index in [-0.39, 0.29) is 11.4 Å². The van der Waals surface area contributed by atoms with Gasteiger partial charge in [-0.25, -0.2) is 4.39 Å². The number of aromatic amines is 1. The van der Waals surface area contributed by atoms with Crippen LogP contribution in [0.5, 0.6) is 0 Å². The third kappa shape index (κ3) is 1.48. The van der Waals surface area contributed by atoms with E-state index in [4.69, 9.17) is 5.73 Å². The number of H-pyrrole nitrogens is 1. The number of hydrogen-bond donors (Lipinski definition) is 2. The molecule has 0 saturated carbocycles. The molecule has 1 heterocycles. The van der Waals surface area contributed by atoms with Gasteiger partial charge in [0.1, 0.15) is 5.82 Å². The minimum atomic E-state index is -0.322. The number of rotatable bonds is 1. The highest BCUT2D eigenvalue weighted by Gasteiger charge is 2.10. The van der Waals surface area contributed by atoms with E-state index in [0.717, 1.165) is 0 Å². The molecule has 0 spiro atoms. The zero-order valence-corrected chi connectivity index (χ0v) is 9.35. The van der Waals surface area contributed by atoms with Crippen LogP contribution in [0.3, 0.4) is 0 Å². The number of benzene rings is 2. The first-order valence-electron chi connectivity index (χ1n) is 5.42. The lowest BCUT2D eigenvalue weighted by atomic mass is 10.2. The number of halogens is 1. The number of hydrogen-bond acceptors (Lipinski definition) is 2. The van der Waals surface area contributed by atoms with Crippen LogP contribution in [0.15, 0.2) is 47.3 Å². The predicted octanol–water partition coefficient (Wildman–Crippen LogP) is 2.04. The molecule has 3 aromatic rings. The lowest BCUT2D eigenvalue weighted by Gasteiger charge is -2.04. The summed E-state index contributed by atoms with van der Waals surface area (Å²) in [6, 6.07) is 11.1. The highest BCUT2D eigenvalue weighted by atomic mass is 19.1. The van der Waals surface area contributed by atoms with Crippen LogP contribution < -0.4 is 11.3 Å². The van der Waals surface area contributed by atoms with Crippen molar-refractivity contribution in [2.45, 2.75) is 0 Å². The fourth-order valence-electron chi connectivity index (χ4n) is 2.00. The fourth-order valence-corrected chi connectivity index (χ4v) is 2.00. The molecule has 4 nitrogen and oxygen atoms in total. The van der Waals surface area contributed by atoms with Crippen LogP contribution in [-0.2, 0) is 0 Å². The van der Waals surface area contributed by atoms with Crippen molar-refractivity contribution in [2.75, 3.05) is 5.73 Å². The lowest BCUT2D eigenvalue weighted by Crippen LogP contribution is -2.04. The van der Waals surface area contributed by atoms with Crippen molar-refractivity contribution in [1.29, 1.82) is 0 Å². The monoisotopic (exact) mass is 243 g/mol. The number of aromatic nitrogens is 2. The molecule has 2 aromatic carbocycles. The number of nitrogens with two attached hydrogens (primary N) is 1. The number of nitrogen functional groups attached to an aromatic ring is 1. The zero-order chi connectivity index (χ0) is 12.7. The van der Waals surface area contributed by atoms with Gasteiger partial charge in [-0.15, -0.1) is 0 Å². The molecule has 0 bridgehead atoms. The van der Waals surface area contributed by atoms with Gasteiger partial charge in [-0.3, -0.25) is 14.6 Å². The van der Waals surface area contributed by atoms with Gasteiger partial charge in [-0.2, -0.15) is 0 Å². The van der Waals surface area contributed by atoms with E-state index in [1.165, 1.54) is 12.1 Å². The van der Waals surface area contributed by atoms with E-state index in [9.17, 15) is 9.18 Å². The Morgan fingerprint density at radius 2 is 1.83 bits per heavy atom. The van der Waals surface area contributed by atoms with Crippen LogP contribution in [0, 0.1) is 5.82 Å². The summed E-state index contributed by atoms with van der Waals surface area (Å²) in [5, 5.41) is 3.13. The van der Waals surface area contributed by atoms with E-state index >= 15 is 0 Å². The minimum absolute atomic E-state index is 0.257. The third-order valence-electron chi connectivity index (χ3n) is 2.84. The van der Waals surface area contributed by atoms with Gasteiger partial charge in [0, 0.05) is 5.69 Å².